The first kappa shape index (κ1) is 8.18. The van der Waals surface area contributed by atoms with Crippen molar-refractivity contribution in [3.63, 3.8) is 0 Å². The maximum absolute atomic E-state index is 5.63. The van der Waals surface area contributed by atoms with Gasteiger partial charge in [-0.2, -0.15) is 0 Å². The van der Waals surface area contributed by atoms with Gasteiger partial charge in [-0.25, -0.2) is 9.97 Å². The van der Waals surface area contributed by atoms with Crippen LogP contribution >= 0.6 is 15.9 Å². The maximum atomic E-state index is 5.63. The zero-order chi connectivity index (χ0) is 9.26. The van der Waals surface area contributed by atoms with Gasteiger partial charge >= 0.3 is 0 Å². The molecule has 2 rings (SSSR count). The van der Waals surface area contributed by atoms with Gasteiger partial charge in [0.1, 0.15) is 4.60 Å². The predicted octanol–water partition coefficient (Wildman–Crippen LogP) is 1.01. The van der Waals surface area contributed by atoms with E-state index in [4.69, 9.17) is 5.73 Å². The lowest BCUT2D eigenvalue weighted by Crippen LogP contribution is -2.01. The Morgan fingerprint density at radius 3 is 2.77 bits per heavy atom. The molecular weight excluding hydrogens is 234 g/mol. The van der Waals surface area contributed by atoms with Crippen molar-refractivity contribution in [1.82, 2.24) is 19.5 Å². The Kier molecular flexibility index (Phi) is 1.97. The van der Waals surface area contributed by atoms with Crippen LogP contribution < -0.4 is 5.73 Å². The van der Waals surface area contributed by atoms with Gasteiger partial charge in [0.05, 0.1) is 6.20 Å². The molecule has 0 aromatic carbocycles. The Hall–Kier alpha value is -1.43. The van der Waals surface area contributed by atoms with E-state index in [1.54, 1.807) is 29.4 Å². The van der Waals surface area contributed by atoms with Gasteiger partial charge in [-0.1, -0.05) is 0 Å². The minimum absolute atomic E-state index is 0.382. The standard InChI is InChI=1S/C7H6BrN5/c8-5-4-13(7(9)12-5)6-3-10-1-2-11-6/h1-4H,(H2,9,12). The number of halogens is 1. The van der Waals surface area contributed by atoms with Crippen LogP contribution in [0.3, 0.4) is 0 Å². The molecule has 5 nitrogen and oxygen atoms in total. The van der Waals surface area contributed by atoms with Gasteiger partial charge in [0.15, 0.2) is 5.82 Å². The van der Waals surface area contributed by atoms with Crippen LogP contribution in [0.1, 0.15) is 0 Å². The average Bonchev–Trinajstić information content (AvgIpc) is 2.47. The lowest BCUT2D eigenvalue weighted by molar-refractivity contribution is 0.983. The molecule has 0 fully saturated rings. The molecule has 13 heavy (non-hydrogen) atoms. The van der Waals surface area contributed by atoms with Crippen LogP contribution in [0.4, 0.5) is 5.95 Å². The third kappa shape index (κ3) is 1.52. The molecule has 0 bridgehead atoms. The van der Waals surface area contributed by atoms with Crippen LogP contribution in [-0.2, 0) is 0 Å². The molecule has 0 atom stereocenters. The van der Waals surface area contributed by atoms with Crippen LogP contribution in [0, 0.1) is 0 Å². The summed E-state index contributed by atoms with van der Waals surface area (Å²) in [6, 6.07) is 0. The molecule has 0 amide bonds. The topological polar surface area (TPSA) is 69.6 Å². The van der Waals surface area contributed by atoms with E-state index in [0.29, 0.717) is 16.4 Å². The van der Waals surface area contributed by atoms with Crippen LogP contribution in [0.25, 0.3) is 5.82 Å². The number of anilines is 1. The second kappa shape index (κ2) is 3.14. The molecule has 0 spiro atoms. The zero-order valence-electron chi connectivity index (χ0n) is 6.55. The van der Waals surface area contributed by atoms with E-state index < -0.39 is 0 Å². The van der Waals surface area contributed by atoms with Gasteiger partial charge in [0.2, 0.25) is 5.95 Å². The second-order valence-corrected chi connectivity index (χ2v) is 3.17. The molecule has 0 aliphatic heterocycles. The number of nitrogens with two attached hydrogens (primary N) is 1. The fourth-order valence-electron chi connectivity index (χ4n) is 0.964. The van der Waals surface area contributed by atoms with E-state index in [-0.39, 0.29) is 0 Å². The first-order chi connectivity index (χ1) is 6.27. The van der Waals surface area contributed by atoms with Crippen molar-refractivity contribution in [2.45, 2.75) is 0 Å². The summed E-state index contributed by atoms with van der Waals surface area (Å²) in [5, 5.41) is 0. The van der Waals surface area contributed by atoms with Crippen molar-refractivity contribution in [3.05, 3.63) is 29.4 Å². The van der Waals surface area contributed by atoms with Crippen molar-refractivity contribution >= 4 is 21.9 Å². The first-order valence-electron chi connectivity index (χ1n) is 3.54. The molecule has 0 unspecified atom stereocenters. The predicted molar refractivity (Wildman–Crippen MR) is 51.3 cm³/mol. The molecule has 0 saturated heterocycles. The van der Waals surface area contributed by atoms with Gasteiger partial charge in [-0.3, -0.25) is 9.55 Å². The third-order valence-corrected chi connectivity index (χ3v) is 1.88. The van der Waals surface area contributed by atoms with Gasteiger partial charge < -0.3 is 5.73 Å². The average molecular weight is 240 g/mol. The highest BCUT2D eigenvalue weighted by molar-refractivity contribution is 9.10. The SMILES string of the molecule is Nc1nc(Br)cn1-c1cnccn1. The number of rotatable bonds is 1. The van der Waals surface area contributed by atoms with Gasteiger partial charge in [0, 0.05) is 18.6 Å². The Labute approximate surface area is 82.8 Å². The molecule has 0 saturated carbocycles. The molecule has 66 valence electrons. The lowest BCUT2D eigenvalue weighted by atomic mass is 10.6. The van der Waals surface area contributed by atoms with Crippen molar-refractivity contribution < 1.29 is 0 Å². The van der Waals surface area contributed by atoms with Crippen LogP contribution in [0.15, 0.2) is 29.4 Å². The molecule has 6 heteroatoms. The molecule has 0 aliphatic rings. The van der Waals surface area contributed by atoms with E-state index in [0.717, 1.165) is 0 Å². The molecule has 0 radical (unpaired) electrons. The summed E-state index contributed by atoms with van der Waals surface area (Å²) in [5.41, 5.74) is 5.63. The number of hydrogen-bond acceptors (Lipinski definition) is 4. The fraction of sp³-hybridized carbons (Fsp3) is 0. The molecule has 2 N–H and O–H groups in total. The molecule has 2 aromatic heterocycles. The summed E-state index contributed by atoms with van der Waals surface area (Å²) >= 11 is 3.22. The Bertz CT molecular complexity index is 410. The number of aromatic nitrogens is 4. The number of nitrogen functional groups attached to an aromatic ring is 1. The normalized spacial score (nSPS) is 10.2. The van der Waals surface area contributed by atoms with Gasteiger partial charge in [0.25, 0.3) is 0 Å². The smallest absolute Gasteiger partial charge is 0.207 e. The highest BCUT2D eigenvalue weighted by Gasteiger charge is 2.04. The monoisotopic (exact) mass is 239 g/mol. The van der Waals surface area contributed by atoms with Gasteiger partial charge in [-0.15, -0.1) is 0 Å². The zero-order valence-corrected chi connectivity index (χ0v) is 8.14. The largest absolute Gasteiger partial charge is 0.369 e. The molecule has 2 aromatic rings. The third-order valence-electron chi connectivity index (χ3n) is 1.50. The number of hydrogen-bond donors (Lipinski definition) is 1. The molecule has 2 heterocycles. The van der Waals surface area contributed by atoms with E-state index in [1.807, 2.05) is 0 Å². The van der Waals surface area contributed by atoms with Crippen molar-refractivity contribution in [2.75, 3.05) is 5.73 Å². The summed E-state index contributed by atoms with van der Waals surface area (Å²) < 4.78 is 2.33. The molecule has 0 aliphatic carbocycles. The van der Waals surface area contributed by atoms with E-state index in [9.17, 15) is 0 Å². The first-order valence-corrected chi connectivity index (χ1v) is 4.33. The number of nitrogens with zero attached hydrogens (tertiary/aromatic N) is 4. The van der Waals surface area contributed by atoms with E-state index in [1.165, 1.54) is 0 Å². The highest BCUT2D eigenvalue weighted by Crippen LogP contribution is 2.14. The Balaban J connectivity index is 2.53. The summed E-state index contributed by atoms with van der Waals surface area (Å²) in [5.74, 6) is 1.03. The van der Waals surface area contributed by atoms with Gasteiger partial charge in [-0.05, 0) is 15.9 Å². The summed E-state index contributed by atoms with van der Waals surface area (Å²) in [4.78, 5) is 12.0. The minimum atomic E-state index is 0.382. The summed E-state index contributed by atoms with van der Waals surface area (Å²) in [7, 11) is 0. The minimum Gasteiger partial charge on any atom is -0.369 e. The second-order valence-electron chi connectivity index (χ2n) is 2.36. The van der Waals surface area contributed by atoms with Crippen molar-refractivity contribution in [1.29, 1.82) is 0 Å². The quantitative estimate of drug-likeness (QED) is 0.807. The van der Waals surface area contributed by atoms with E-state index >= 15 is 0 Å². The Morgan fingerprint density at radius 1 is 1.38 bits per heavy atom. The van der Waals surface area contributed by atoms with Crippen LogP contribution in [0.5, 0.6) is 0 Å². The van der Waals surface area contributed by atoms with Crippen molar-refractivity contribution in [2.24, 2.45) is 0 Å². The number of imidazole rings is 1. The van der Waals surface area contributed by atoms with E-state index in [2.05, 4.69) is 30.9 Å². The lowest BCUT2D eigenvalue weighted by Gasteiger charge is -2.00. The van der Waals surface area contributed by atoms with Crippen molar-refractivity contribution in [3.8, 4) is 5.82 Å². The fourth-order valence-corrected chi connectivity index (χ4v) is 1.35. The van der Waals surface area contributed by atoms with Crippen LogP contribution in [-0.4, -0.2) is 19.5 Å². The highest BCUT2D eigenvalue weighted by atomic mass is 79.9. The molecular formula is C7H6BrN5. The summed E-state index contributed by atoms with van der Waals surface area (Å²) in [6.45, 7) is 0. The summed E-state index contributed by atoms with van der Waals surface area (Å²) in [6.07, 6.45) is 6.55. The Morgan fingerprint density at radius 2 is 2.23 bits per heavy atom. The van der Waals surface area contributed by atoms with Crippen LogP contribution in [0.2, 0.25) is 0 Å². The maximum Gasteiger partial charge on any atom is 0.207 e.